The van der Waals surface area contributed by atoms with Crippen LogP contribution in [0.2, 0.25) is 0 Å². The molecule has 198 valence electrons. The molecule has 0 bridgehead atoms. The summed E-state index contributed by atoms with van der Waals surface area (Å²) in [5, 5.41) is 2.11. The molecule has 0 atom stereocenters. The van der Waals surface area contributed by atoms with Crippen molar-refractivity contribution in [2.45, 2.75) is 31.5 Å². The van der Waals surface area contributed by atoms with Gasteiger partial charge in [0.15, 0.2) is 11.9 Å². The van der Waals surface area contributed by atoms with E-state index in [0.717, 1.165) is 15.9 Å². The summed E-state index contributed by atoms with van der Waals surface area (Å²) in [6, 6.07) is 8.03. The van der Waals surface area contributed by atoms with Crippen LogP contribution in [0.25, 0.3) is 21.6 Å². The van der Waals surface area contributed by atoms with Crippen molar-refractivity contribution in [1.82, 2.24) is 24.0 Å². The van der Waals surface area contributed by atoms with Gasteiger partial charge in [-0.25, -0.2) is 23.5 Å². The molecule has 9 nitrogen and oxygen atoms in total. The number of ether oxygens (including phenoxy) is 1. The predicted molar refractivity (Wildman–Crippen MR) is 139 cm³/mol. The molecule has 0 N–H and O–H groups in total. The number of likely N-dealkylation sites (tertiary alicyclic amines) is 1. The minimum Gasteiger partial charge on any atom is -0.485 e. The van der Waals surface area contributed by atoms with Gasteiger partial charge in [-0.15, -0.1) is 11.3 Å². The number of hydrogen-bond acceptors (Lipinski definition) is 7. The maximum Gasteiger partial charge on any atom is 0.332 e. The van der Waals surface area contributed by atoms with Crippen LogP contribution in [0.1, 0.15) is 24.4 Å². The minimum absolute atomic E-state index is 0.0613. The molecule has 5 rings (SSSR count). The Bertz CT molecular complexity index is 1530. The summed E-state index contributed by atoms with van der Waals surface area (Å²) in [5.74, 6) is 0.678. The average molecular weight is 542 g/mol. The fourth-order valence-corrected chi connectivity index (χ4v) is 5.30. The highest BCUT2D eigenvalue weighted by molar-refractivity contribution is 7.13. The lowest BCUT2D eigenvalue weighted by Gasteiger charge is -2.31. The van der Waals surface area contributed by atoms with Crippen LogP contribution < -0.4 is 16.0 Å². The number of carbonyl (C=O) groups is 1. The van der Waals surface area contributed by atoms with Gasteiger partial charge in [0.1, 0.15) is 19.1 Å². The van der Waals surface area contributed by atoms with Gasteiger partial charge in [0.05, 0.1) is 22.3 Å². The van der Waals surface area contributed by atoms with Gasteiger partial charge in [-0.05, 0) is 42.5 Å². The Balaban J connectivity index is 1.58. The van der Waals surface area contributed by atoms with Crippen molar-refractivity contribution >= 4 is 28.6 Å². The Morgan fingerprint density at radius 2 is 1.84 bits per heavy atom. The molecular formula is C26H25F2N5O4S. The molecule has 0 spiro atoms. The Hall–Kier alpha value is -3.93. The fourth-order valence-electron chi connectivity index (χ4n) is 4.63. The first-order valence-electron chi connectivity index (χ1n) is 12.1. The van der Waals surface area contributed by atoms with Crippen LogP contribution in [0.3, 0.4) is 0 Å². The summed E-state index contributed by atoms with van der Waals surface area (Å²) in [6.07, 6.45) is 3.74. The normalized spacial score (nSPS) is 14.3. The summed E-state index contributed by atoms with van der Waals surface area (Å²) >= 11 is 1.50. The van der Waals surface area contributed by atoms with Crippen LogP contribution in [0.15, 0.2) is 57.7 Å². The number of fused-ring (bicyclic) bond motifs is 1. The molecule has 0 radical (unpaired) electrons. The van der Waals surface area contributed by atoms with Gasteiger partial charge in [-0.1, -0.05) is 6.07 Å². The second kappa shape index (κ2) is 11.2. The number of thiophene rings is 1. The smallest absolute Gasteiger partial charge is 0.332 e. The highest BCUT2D eigenvalue weighted by atomic mass is 32.1. The lowest BCUT2D eigenvalue weighted by Crippen LogP contribution is -2.44. The van der Waals surface area contributed by atoms with E-state index < -0.39 is 30.7 Å². The van der Waals surface area contributed by atoms with Crippen LogP contribution in [-0.2, 0) is 11.3 Å². The number of benzene rings is 1. The Morgan fingerprint density at radius 1 is 1.11 bits per heavy atom. The molecule has 1 saturated heterocycles. The van der Waals surface area contributed by atoms with E-state index in [1.165, 1.54) is 23.5 Å². The first-order valence-corrected chi connectivity index (χ1v) is 13.0. The summed E-state index contributed by atoms with van der Waals surface area (Å²) < 4.78 is 34.2. The zero-order valence-electron chi connectivity index (χ0n) is 20.3. The van der Waals surface area contributed by atoms with Crippen LogP contribution in [0.5, 0.6) is 5.75 Å². The maximum atomic E-state index is 13.7. The van der Waals surface area contributed by atoms with Crippen LogP contribution >= 0.6 is 11.3 Å². The number of alkyl halides is 2. The van der Waals surface area contributed by atoms with Crippen molar-refractivity contribution in [2.24, 2.45) is 0 Å². The Morgan fingerprint density at radius 3 is 2.47 bits per heavy atom. The monoisotopic (exact) mass is 541 g/mol. The molecule has 3 aromatic heterocycles. The van der Waals surface area contributed by atoms with Gasteiger partial charge in [-0.2, -0.15) is 0 Å². The van der Waals surface area contributed by atoms with Gasteiger partial charge < -0.3 is 9.64 Å². The highest BCUT2D eigenvalue weighted by Gasteiger charge is 2.25. The van der Waals surface area contributed by atoms with Crippen molar-refractivity contribution in [3.05, 3.63) is 74.5 Å². The summed E-state index contributed by atoms with van der Waals surface area (Å²) in [5.41, 5.74) is -0.0899. The molecule has 0 saturated carbocycles. The zero-order chi connectivity index (χ0) is 26.6. The van der Waals surface area contributed by atoms with Crippen LogP contribution in [0.4, 0.5) is 8.78 Å². The molecule has 0 aliphatic carbocycles. The van der Waals surface area contributed by atoms with Crippen molar-refractivity contribution < 1.29 is 18.3 Å². The van der Waals surface area contributed by atoms with E-state index in [-0.39, 0.29) is 23.7 Å². The number of amides is 1. The summed E-state index contributed by atoms with van der Waals surface area (Å²) in [6.45, 7) is -1.14. The number of halogens is 2. The quantitative estimate of drug-likeness (QED) is 0.302. The maximum absolute atomic E-state index is 13.7. The third-order valence-corrected chi connectivity index (χ3v) is 7.45. The van der Waals surface area contributed by atoms with Gasteiger partial charge in [-0.3, -0.25) is 18.7 Å². The van der Waals surface area contributed by atoms with E-state index in [1.54, 1.807) is 27.9 Å². The number of aromatic nitrogens is 4. The Labute approximate surface area is 219 Å². The molecule has 38 heavy (non-hydrogen) atoms. The van der Waals surface area contributed by atoms with E-state index in [1.807, 2.05) is 17.5 Å². The molecule has 1 aliphatic heterocycles. The van der Waals surface area contributed by atoms with E-state index in [2.05, 4.69) is 9.97 Å². The van der Waals surface area contributed by atoms with Crippen LogP contribution in [0, 0.1) is 0 Å². The van der Waals surface area contributed by atoms with Crippen molar-refractivity contribution in [2.75, 3.05) is 26.4 Å². The van der Waals surface area contributed by atoms with Gasteiger partial charge in [0.2, 0.25) is 6.41 Å². The third kappa shape index (κ3) is 5.08. The van der Waals surface area contributed by atoms with E-state index >= 15 is 0 Å². The number of hydrogen-bond donors (Lipinski definition) is 0. The number of carbonyl (C=O) groups excluding carboxylic acids is 1. The zero-order valence-corrected chi connectivity index (χ0v) is 21.2. The molecular weight excluding hydrogens is 516 g/mol. The first kappa shape index (κ1) is 25.7. The molecule has 1 amide bonds. The number of nitrogens with zero attached hydrogens (tertiary/aromatic N) is 5. The average Bonchev–Trinajstić information content (AvgIpc) is 3.50. The minimum atomic E-state index is -1.28. The standard InChI is InChI=1S/C26H25F2N5O4S/c27-11-20(12-28)37-19-3-4-22-21(10-19)25(35)32(26(36)33(22)18-5-7-31(16-34)8-6-18)15-17-13-29-24(30-14-17)23-2-1-9-38-23/h1-4,9-10,13-14,16,18,20H,5-8,11-12,15H2. The van der Waals surface area contributed by atoms with Gasteiger partial charge in [0.25, 0.3) is 5.56 Å². The molecule has 0 unspecified atom stereocenters. The van der Waals surface area contributed by atoms with Crippen LogP contribution in [-0.4, -0.2) is 63.0 Å². The van der Waals surface area contributed by atoms with E-state index in [0.29, 0.717) is 42.8 Å². The molecule has 4 heterocycles. The molecule has 4 aromatic rings. The largest absolute Gasteiger partial charge is 0.485 e. The van der Waals surface area contributed by atoms with Gasteiger partial charge in [0, 0.05) is 37.1 Å². The molecule has 12 heteroatoms. The third-order valence-electron chi connectivity index (χ3n) is 6.59. The molecule has 1 fully saturated rings. The SMILES string of the molecule is O=CN1CCC(n2c(=O)n(Cc3cnc(-c4cccs4)nc3)c(=O)c3cc(OC(CF)CF)ccc32)CC1. The fraction of sp³-hybridized carbons (Fsp3) is 0.346. The van der Waals surface area contributed by atoms with Crippen molar-refractivity contribution in [3.63, 3.8) is 0 Å². The Kier molecular flexibility index (Phi) is 7.59. The number of piperidine rings is 1. The first-order chi connectivity index (χ1) is 18.5. The number of rotatable bonds is 9. The lowest BCUT2D eigenvalue weighted by atomic mass is 10.0. The van der Waals surface area contributed by atoms with Gasteiger partial charge >= 0.3 is 5.69 Å². The topological polar surface area (TPSA) is 99.3 Å². The molecule has 1 aliphatic rings. The summed E-state index contributed by atoms with van der Waals surface area (Å²) in [7, 11) is 0. The lowest BCUT2D eigenvalue weighted by molar-refractivity contribution is -0.119. The van der Waals surface area contributed by atoms with E-state index in [9.17, 15) is 23.2 Å². The molecule has 1 aromatic carbocycles. The van der Waals surface area contributed by atoms with Crippen molar-refractivity contribution in [1.29, 1.82) is 0 Å². The van der Waals surface area contributed by atoms with Crippen molar-refractivity contribution in [3.8, 4) is 16.5 Å². The summed E-state index contributed by atoms with van der Waals surface area (Å²) in [4.78, 5) is 49.8. The second-order valence-corrected chi connectivity index (χ2v) is 9.98. The highest BCUT2D eigenvalue weighted by Crippen LogP contribution is 2.26. The van der Waals surface area contributed by atoms with E-state index in [4.69, 9.17) is 4.74 Å². The predicted octanol–water partition coefficient (Wildman–Crippen LogP) is 3.21. The second-order valence-electron chi connectivity index (χ2n) is 9.04.